The van der Waals surface area contributed by atoms with Gasteiger partial charge < -0.3 is 14.6 Å². The molecule has 0 unspecified atom stereocenters. The van der Waals surface area contributed by atoms with Crippen molar-refractivity contribution in [2.75, 3.05) is 31.1 Å². The van der Waals surface area contributed by atoms with Crippen LogP contribution >= 0.6 is 11.6 Å². The van der Waals surface area contributed by atoms with Crippen molar-refractivity contribution < 1.29 is 4.42 Å². The first-order valence-corrected chi connectivity index (χ1v) is 6.22. The van der Waals surface area contributed by atoms with Crippen LogP contribution in [0.5, 0.6) is 0 Å². The molecule has 90 valence electrons. The van der Waals surface area contributed by atoms with Gasteiger partial charge in [-0.1, -0.05) is 11.6 Å². The van der Waals surface area contributed by atoms with Crippen LogP contribution in [0.1, 0.15) is 6.42 Å². The maximum Gasteiger partial charge on any atom is 0.298 e. The van der Waals surface area contributed by atoms with Gasteiger partial charge in [-0.25, -0.2) is 0 Å². The summed E-state index contributed by atoms with van der Waals surface area (Å²) >= 11 is 5.93. The Hall–Kier alpha value is -1.26. The van der Waals surface area contributed by atoms with E-state index in [4.69, 9.17) is 16.0 Å². The highest BCUT2D eigenvalue weighted by Gasteiger charge is 2.15. The van der Waals surface area contributed by atoms with Gasteiger partial charge >= 0.3 is 0 Å². The smallest absolute Gasteiger partial charge is 0.298 e. The van der Waals surface area contributed by atoms with E-state index >= 15 is 0 Å². The molecule has 4 nitrogen and oxygen atoms in total. The quantitative estimate of drug-likeness (QED) is 0.844. The summed E-state index contributed by atoms with van der Waals surface area (Å²) in [6.07, 6.45) is 1.11. The predicted octanol–water partition coefficient (Wildman–Crippen LogP) is 2.28. The van der Waals surface area contributed by atoms with Crippen LogP contribution in [0.25, 0.3) is 11.1 Å². The summed E-state index contributed by atoms with van der Waals surface area (Å²) in [5, 5.41) is 4.04. The molecule has 2 aromatic rings. The number of fused-ring (bicyclic) bond motifs is 1. The van der Waals surface area contributed by atoms with Crippen molar-refractivity contribution in [2.24, 2.45) is 0 Å². The molecule has 5 heteroatoms. The molecule has 1 fully saturated rings. The highest BCUT2D eigenvalue weighted by molar-refractivity contribution is 6.31. The third kappa shape index (κ3) is 2.23. The number of aromatic nitrogens is 1. The van der Waals surface area contributed by atoms with E-state index in [1.807, 2.05) is 18.2 Å². The van der Waals surface area contributed by atoms with E-state index < -0.39 is 0 Å². The number of nitrogens with zero attached hydrogens (tertiary/aromatic N) is 2. The van der Waals surface area contributed by atoms with E-state index in [0.717, 1.165) is 43.7 Å². The lowest BCUT2D eigenvalue weighted by atomic mass is 10.3. The van der Waals surface area contributed by atoms with E-state index in [-0.39, 0.29) is 0 Å². The third-order valence-corrected chi connectivity index (χ3v) is 3.18. The Balaban J connectivity index is 1.93. The Morgan fingerprint density at radius 2 is 2.24 bits per heavy atom. The molecule has 2 heterocycles. The third-order valence-electron chi connectivity index (χ3n) is 2.95. The summed E-state index contributed by atoms with van der Waals surface area (Å²) in [6.45, 7) is 3.94. The Kier molecular flexibility index (Phi) is 2.91. The molecule has 1 N–H and O–H groups in total. The topological polar surface area (TPSA) is 41.3 Å². The molecule has 0 saturated carbocycles. The lowest BCUT2D eigenvalue weighted by Crippen LogP contribution is -2.27. The van der Waals surface area contributed by atoms with Crippen LogP contribution in [0.15, 0.2) is 22.6 Å². The van der Waals surface area contributed by atoms with Crippen LogP contribution in [0.2, 0.25) is 5.02 Å². The van der Waals surface area contributed by atoms with E-state index in [9.17, 15) is 0 Å². The number of oxazole rings is 1. The number of halogens is 1. The molecular weight excluding hydrogens is 238 g/mol. The zero-order chi connectivity index (χ0) is 11.7. The van der Waals surface area contributed by atoms with Crippen LogP contribution in [0, 0.1) is 0 Å². The normalized spacial score (nSPS) is 17.4. The summed E-state index contributed by atoms with van der Waals surface area (Å²) in [7, 11) is 0. The fourth-order valence-electron chi connectivity index (χ4n) is 2.06. The molecule has 0 bridgehead atoms. The first kappa shape index (κ1) is 10.9. The van der Waals surface area contributed by atoms with Gasteiger partial charge in [0.15, 0.2) is 5.58 Å². The number of nitrogens with one attached hydrogen (secondary N) is 1. The highest BCUT2D eigenvalue weighted by atomic mass is 35.5. The van der Waals surface area contributed by atoms with E-state index in [0.29, 0.717) is 11.0 Å². The largest absolute Gasteiger partial charge is 0.423 e. The van der Waals surface area contributed by atoms with E-state index in [1.165, 1.54) is 0 Å². The molecule has 1 saturated heterocycles. The number of rotatable bonds is 1. The Labute approximate surface area is 105 Å². The minimum absolute atomic E-state index is 0.678. The summed E-state index contributed by atoms with van der Waals surface area (Å²) < 4.78 is 5.75. The minimum atomic E-state index is 0.678. The molecule has 1 aliphatic rings. The van der Waals surface area contributed by atoms with E-state index in [1.54, 1.807) is 0 Å². The van der Waals surface area contributed by atoms with Gasteiger partial charge in [-0.2, -0.15) is 4.98 Å². The van der Waals surface area contributed by atoms with Crippen molar-refractivity contribution in [3.8, 4) is 0 Å². The predicted molar refractivity (Wildman–Crippen MR) is 68.7 cm³/mol. The van der Waals surface area contributed by atoms with E-state index in [2.05, 4.69) is 15.2 Å². The summed E-state index contributed by atoms with van der Waals surface area (Å²) in [4.78, 5) is 6.67. The van der Waals surface area contributed by atoms with Gasteiger partial charge in [0, 0.05) is 30.7 Å². The SMILES string of the molecule is Clc1ccc2nc(N3CCCNCC3)oc2c1. The van der Waals surface area contributed by atoms with Gasteiger partial charge in [0.1, 0.15) is 5.52 Å². The fourth-order valence-corrected chi connectivity index (χ4v) is 2.22. The second-order valence-electron chi connectivity index (χ2n) is 4.20. The first-order valence-electron chi connectivity index (χ1n) is 5.85. The zero-order valence-corrected chi connectivity index (χ0v) is 10.2. The maximum atomic E-state index is 5.93. The Bertz CT molecular complexity index is 517. The highest BCUT2D eigenvalue weighted by Crippen LogP contribution is 2.24. The minimum Gasteiger partial charge on any atom is -0.423 e. The van der Waals surface area contributed by atoms with Crippen molar-refractivity contribution >= 4 is 28.7 Å². The van der Waals surface area contributed by atoms with Gasteiger partial charge in [-0.15, -0.1) is 0 Å². The molecule has 3 rings (SSSR count). The van der Waals surface area contributed by atoms with Crippen molar-refractivity contribution in [3.05, 3.63) is 23.2 Å². The summed E-state index contributed by atoms with van der Waals surface area (Å²) in [5.74, 6) is 0. The van der Waals surface area contributed by atoms with Crippen molar-refractivity contribution in [2.45, 2.75) is 6.42 Å². The zero-order valence-electron chi connectivity index (χ0n) is 9.45. The molecule has 0 atom stereocenters. The van der Waals surface area contributed by atoms with Gasteiger partial charge in [0.05, 0.1) is 0 Å². The standard InChI is InChI=1S/C12H14ClN3O/c13-9-2-3-10-11(8-9)17-12(15-10)16-6-1-4-14-5-7-16/h2-3,8,14H,1,4-7H2. The van der Waals surface area contributed by atoms with Crippen LogP contribution in [0.3, 0.4) is 0 Å². The van der Waals surface area contributed by atoms with Crippen molar-refractivity contribution in [3.63, 3.8) is 0 Å². The average molecular weight is 252 g/mol. The van der Waals surface area contributed by atoms with Crippen LogP contribution in [-0.4, -0.2) is 31.2 Å². The molecule has 0 radical (unpaired) electrons. The molecule has 0 spiro atoms. The van der Waals surface area contributed by atoms with Gasteiger partial charge in [0.25, 0.3) is 6.01 Å². The summed E-state index contributed by atoms with van der Waals surface area (Å²) in [5.41, 5.74) is 1.62. The van der Waals surface area contributed by atoms with Crippen molar-refractivity contribution in [1.29, 1.82) is 0 Å². The monoisotopic (exact) mass is 251 g/mol. The molecule has 1 aromatic heterocycles. The molecule has 17 heavy (non-hydrogen) atoms. The second kappa shape index (κ2) is 4.55. The number of hydrogen-bond donors (Lipinski definition) is 1. The molecule has 1 aliphatic heterocycles. The number of benzene rings is 1. The average Bonchev–Trinajstić information content (AvgIpc) is 2.57. The van der Waals surface area contributed by atoms with Crippen LogP contribution in [-0.2, 0) is 0 Å². The number of hydrogen-bond acceptors (Lipinski definition) is 4. The lowest BCUT2D eigenvalue weighted by molar-refractivity contribution is 0.571. The molecular formula is C12H14ClN3O. The fraction of sp³-hybridized carbons (Fsp3) is 0.417. The Morgan fingerprint density at radius 3 is 3.18 bits per heavy atom. The first-order chi connectivity index (χ1) is 8.33. The maximum absolute atomic E-state index is 5.93. The van der Waals surface area contributed by atoms with Gasteiger partial charge in [-0.05, 0) is 25.1 Å². The van der Waals surface area contributed by atoms with Gasteiger partial charge in [0.2, 0.25) is 0 Å². The van der Waals surface area contributed by atoms with Crippen LogP contribution in [0.4, 0.5) is 6.01 Å². The van der Waals surface area contributed by atoms with Crippen LogP contribution < -0.4 is 10.2 Å². The Morgan fingerprint density at radius 1 is 1.29 bits per heavy atom. The lowest BCUT2D eigenvalue weighted by Gasteiger charge is -2.16. The van der Waals surface area contributed by atoms with Gasteiger partial charge in [-0.3, -0.25) is 0 Å². The number of anilines is 1. The molecule has 0 amide bonds. The molecule has 1 aromatic carbocycles. The van der Waals surface area contributed by atoms with Crippen molar-refractivity contribution in [1.82, 2.24) is 10.3 Å². The second-order valence-corrected chi connectivity index (χ2v) is 4.64. The summed E-state index contributed by atoms with van der Waals surface area (Å²) in [6, 6.07) is 6.23. The molecule has 0 aliphatic carbocycles.